The van der Waals surface area contributed by atoms with E-state index in [4.69, 9.17) is 5.84 Å². The van der Waals surface area contributed by atoms with Crippen molar-refractivity contribution in [1.29, 1.82) is 0 Å². The van der Waals surface area contributed by atoms with E-state index in [2.05, 4.69) is 10.5 Å². The van der Waals surface area contributed by atoms with E-state index in [1.807, 2.05) is 0 Å². The van der Waals surface area contributed by atoms with Crippen molar-refractivity contribution in [2.45, 2.75) is 18.9 Å². The molecule has 1 aromatic heterocycles. The summed E-state index contributed by atoms with van der Waals surface area (Å²) in [5, 5.41) is 3.87. The van der Waals surface area contributed by atoms with Crippen LogP contribution < -0.4 is 11.3 Å². The van der Waals surface area contributed by atoms with Gasteiger partial charge in [0.1, 0.15) is 0 Å². The Morgan fingerprint density at radius 1 is 1.69 bits per heavy atom. The summed E-state index contributed by atoms with van der Waals surface area (Å²) in [5.74, 6) is 4.97. The predicted molar refractivity (Wildman–Crippen MR) is 44.0 cm³/mol. The molecule has 1 rings (SSSR count). The van der Waals surface area contributed by atoms with Gasteiger partial charge in [-0.1, -0.05) is 0 Å². The number of nitrogens with zero attached hydrogens (tertiary/aromatic N) is 2. The van der Waals surface area contributed by atoms with E-state index in [0.29, 0.717) is 0 Å². The molecule has 0 saturated heterocycles. The lowest BCUT2D eigenvalue weighted by atomic mass is 10.1. The highest BCUT2D eigenvalue weighted by molar-refractivity contribution is 5.06. The Bertz CT molecular complexity index is 261. The van der Waals surface area contributed by atoms with Gasteiger partial charge < -0.3 is 0 Å². The van der Waals surface area contributed by atoms with Crippen LogP contribution >= 0.6 is 0 Å². The Labute approximate surface area is 74.7 Å². The first-order valence-electron chi connectivity index (χ1n) is 3.85. The van der Waals surface area contributed by atoms with Gasteiger partial charge in [-0.2, -0.15) is 5.10 Å². The van der Waals surface area contributed by atoms with Gasteiger partial charge in [0.15, 0.2) is 0 Å². The Morgan fingerprint density at radius 2 is 2.38 bits per heavy atom. The number of rotatable bonds is 4. The highest BCUT2D eigenvalue weighted by Crippen LogP contribution is 2.07. The molecular formula is C7H12F2N4. The maximum Gasteiger partial charge on any atom is 0.255 e. The third-order valence-corrected chi connectivity index (χ3v) is 1.73. The average Bonchev–Trinajstić information content (AvgIpc) is 2.46. The van der Waals surface area contributed by atoms with Crippen molar-refractivity contribution in [3.8, 4) is 0 Å². The van der Waals surface area contributed by atoms with Crippen LogP contribution in [0, 0.1) is 0 Å². The average molecular weight is 190 g/mol. The first-order valence-corrected chi connectivity index (χ1v) is 3.85. The summed E-state index contributed by atoms with van der Waals surface area (Å²) in [6.45, 7) is 0. The summed E-state index contributed by atoms with van der Waals surface area (Å²) in [5.41, 5.74) is 2.81. The Balaban J connectivity index is 2.56. The molecular weight excluding hydrogens is 178 g/mol. The van der Waals surface area contributed by atoms with Crippen molar-refractivity contribution in [3.05, 3.63) is 18.0 Å². The summed E-state index contributed by atoms with van der Waals surface area (Å²) >= 11 is 0. The molecule has 1 heterocycles. The molecule has 1 atom stereocenters. The van der Waals surface area contributed by atoms with E-state index in [0.717, 1.165) is 5.56 Å². The van der Waals surface area contributed by atoms with Crippen LogP contribution in [0.2, 0.25) is 0 Å². The standard InChI is InChI=1S/C7H12F2N4/c1-13-4-5(3-11-13)2-6(12-10)7(8)9/h3-4,6-7,12H,2,10H2,1H3. The van der Waals surface area contributed by atoms with Gasteiger partial charge >= 0.3 is 0 Å². The first kappa shape index (κ1) is 10.1. The van der Waals surface area contributed by atoms with E-state index in [-0.39, 0.29) is 6.42 Å². The third kappa shape index (κ3) is 2.74. The molecule has 0 aromatic carbocycles. The topological polar surface area (TPSA) is 55.9 Å². The summed E-state index contributed by atoms with van der Waals surface area (Å²) in [6, 6.07) is -1.01. The lowest BCUT2D eigenvalue weighted by Crippen LogP contribution is -2.42. The van der Waals surface area contributed by atoms with Gasteiger partial charge in [-0.05, 0) is 12.0 Å². The zero-order valence-corrected chi connectivity index (χ0v) is 7.24. The van der Waals surface area contributed by atoms with Gasteiger partial charge in [0.25, 0.3) is 6.43 Å². The quantitative estimate of drug-likeness (QED) is 0.521. The zero-order chi connectivity index (χ0) is 9.84. The van der Waals surface area contributed by atoms with Gasteiger partial charge in [0, 0.05) is 13.2 Å². The van der Waals surface area contributed by atoms with E-state index in [9.17, 15) is 8.78 Å². The van der Waals surface area contributed by atoms with E-state index in [1.165, 1.54) is 0 Å². The number of hydrazine groups is 1. The number of halogens is 2. The minimum absolute atomic E-state index is 0.183. The second-order valence-electron chi connectivity index (χ2n) is 2.83. The minimum atomic E-state index is -2.47. The Hall–Kier alpha value is -1.01. The number of nitrogens with one attached hydrogen (secondary N) is 1. The fourth-order valence-corrected chi connectivity index (χ4v) is 1.05. The molecule has 4 nitrogen and oxygen atoms in total. The van der Waals surface area contributed by atoms with Crippen molar-refractivity contribution in [2.75, 3.05) is 0 Å². The maximum atomic E-state index is 12.2. The number of aromatic nitrogens is 2. The van der Waals surface area contributed by atoms with Gasteiger partial charge in [0.05, 0.1) is 12.2 Å². The summed E-state index contributed by atoms with van der Waals surface area (Å²) in [6.07, 6.45) is 0.951. The Morgan fingerprint density at radius 3 is 2.77 bits per heavy atom. The molecule has 1 aromatic rings. The third-order valence-electron chi connectivity index (χ3n) is 1.73. The largest absolute Gasteiger partial charge is 0.276 e. The molecule has 0 spiro atoms. The van der Waals surface area contributed by atoms with Gasteiger partial charge in [0.2, 0.25) is 0 Å². The zero-order valence-electron chi connectivity index (χ0n) is 7.24. The molecule has 0 aliphatic carbocycles. The van der Waals surface area contributed by atoms with Crippen molar-refractivity contribution in [1.82, 2.24) is 15.2 Å². The molecule has 0 aliphatic rings. The first-order chi connectivity index (χ1) is 6.13. The molecule has 6 heteroatoms. The SMILES string of the molecule is Cn1cc(CC(NN)C(F)F)cn1. The van der Waals surface area contributed by atoms with Crippen molar-refractivity contribution < 1.29 is 8.78 Å². The molecule has 0 bridgehead atoms. The van der Waals surface area contributed by atoms with Gasteiger partial charge in [-0.15, -0.1) is 0 Å². The molecule has 0 fully saturated rings. The van der Waals surface area contributed by atoms with Crippen molar-refractivity contribution in [2.24, 2.45) is 12.9 Å². The second-order valence-corrected chi connectivity index (χ2v) is 2.83. The molecule has 1 unspecified atom stereocenters. The number of hydrogen-bond donors (Lipinski definition) is 2. The number of alkyl halides is 2. The highest BCUT2D eigenvalue weighted by Gasteiger charge is 2.19. The lowest BCUT2D eigenvalue weighted by Gasteiger charge is -2.12. The second kappa shape index (κ2) is 4.29. The van der Waals surface area contributed by atoms with Gasteiger partial charge in [-0.25, -0.2) is 8.78 Å². The van der Waals surface area contributed by atoms with E-state index >= 15 is 0 Å². The van der Waals surface area contributed by atoms with Crippen LogP contribution in [0.25, 0.3) is 0 Å². The monoisotopic (exact) mass is 190 g/mol. The fourth-order valence-electron chi connectivity index (χ4n) is 1.05. The van der Waals surface area contributed by atoms with Crippen LogP contribution in [-0.4, -0.2) is 22.2 Å². The molecule has 0 radical (unpaired) electrons. The molecule has 0 amide bonds. The van der Waals surface area contributed by atoms with E-state index < -0.39 is 12.5 Å². The van der Waals surface area contributed by atoms with Crippen LogP contribution in [0.4, 0.5) is 8.78 Å². The van der Waals surface area contributed by atoms with Crippen LogP contribution in [0.15, 0.2) is 12.4 Å². The van der Waals surface area contributed by atoms with Crippen molar-refractivity contribution in [3.63, 3.8) is 0 Å². The number of aryl methyl sites for hydroxylation is 1. The highest BCUT2D eigenvalue weighted by atomic mass is 19.3. The van der Waals surface area contributed by atoms with Crippen LogP contribution in [0.3, 0.4) is 0 Å². The molecule has 0 aliphatic heterocycles. The lowest BCUT2D eigenvalue weighted by molar-refractivity contribution is 0.0984. The Kier molecular flexibility index (Phi) is 3.32. The van der Waals surface area contributed by atoms with Crippen molar-refractivity contribution >= 4 is 0 Å². The smallest absolute Gasteiger partial charge is 0.255 e. The fraction of sp³-hybridized carbons (Fsp3) is 0.571. The molecule has 13 heavy (non-hydrogen) atoms. The van der Waals surface area contributed by atoms with Gasteiger partial charge in [-0.3, -0.25) is 16.0 Å². The van der Waals surface area contributed by atoms with Crippen LogP contribution in [0.5, 0.6) is 0 Å². The molecule has 74 valence electrons. The molecule has 3 N–H and O–H groups in total. The summed E-state index contributed by atoms with van der Waals surface area (Å²) in [7, 11) is 1.73. The number of hydrogen-bond acceptors (Lipinski definition) is 3. The molecule has 0 saturated carbocycles. The summed E-state index contributed by atoms with van der Waals surface area (Å²) < 4.78 is 26.0. The normalized spacial score (nSPS) is 13.6. The van der Waals surface area contributed by atoms with Crippen LogP contribution in [-0.2, 0) is 13.5 Å². The summed E-state index contributed by atoms with van der Waals surface area (Å²) in [4.78, 5) is 0. The number of nitrogens with two attached hydrogens (primary N) is 1. The predicted octanol–water partition coefficient (Wildman–Crippen LogP) is 0.0596. The minimum Gasteiger partial charge on any atom is -0.276 e. The van der Waals surface area contributed by atoms with Crippen LogP contribution in [0.1, 0.15) is 5.56 Å². The van der Waals surface area contributed by atoms with E-state index in [1.54, 1.807) is 24.1 Å². The maximum absolute atomic E-state index is 12.2.